The van der Waals surface area contributed by atoms with Gasteiger partial charge in [-0.1, -0.05) is 41.9 Å². The lowest BCUT2D eigenvalue weighted by Crippen LogP contribution is -1.92. The van der Waals surface area contributed by atoms with Gasteiger partial charge in [0.25, 0.3) is 0 Å². The van der Waals surface area contributed by atoms with Crippen molar-refractivity contribution in [3.8, 4) is 11.5 Å². The maximum absolute atomic E-state index is 6.33. The maximum atomic E-state index is 6.33. The van der Waals surface area contributed by atoms with Crippen LogP contribution < -0.4 is 0 Å². The molecular weight excluding hydrogens is 297 g/mol. The van der Waals surface area contributed by atoms with Crippen molar-refractivity contribution in [2.24, 2.45) is 0 Å². The predicted molar refractivity (Wildman–Crippen MR) is 76.7 cm³/mol. The Morgan fingerprint density at radius 3 is 2.60 bits per heavy atom. The zero-order valence-electron chi connectivity index (χ0n) is 10.2. The molecule has 1 atom stereocenters. The van der Waals surface area contributed by atoms with Crippen LogP contribution in [0.4, 0.5) is 0 Å². The summed E-state index contributed by atoms with van der Waals surface area (Å²) in [6.07, 6.45) is 3.14. The van der Waals surface area contributed by atoms with Gasteiger partial charge in [-0.05, 0) is 11.6 Å². The minimum absolute atomic E-state index is 0.328. The largest absolute Gasteiger partial charge is 0.419 e. The monoisotopic (exact) mass is 305 g/mol. The van der Waals surface area contributed by atoms with E-state index in [2.05, 4.69) is 15.2 Å². The molecule has 3 aromatic rings. The Bertz CT molecular complexity index is 715. The molecule has 0 fully saturated rings. The van der Waals surface area contributed by atoms with Crippen LogP contribution in [0.5, 0.6) is 0 Å². The lowest BCUT2D eigenvalue weighted by Gasteiger charge is -2.04. The van der Waals surface area contributed by atoms with Crippen molar-refractivity contribution in [1.82, 2.24) is 15.2 Å². The highest BCUT2D eigenvalue weighted by atomic mass is 35.5. The number of rotatable bonds is 3. The predicted octanol–water partition coefficient (Wildman–Crippen LogP) is 4.11. The van der Waals surface area contributed by atoms with E-state index in [4.69, 9.17) is 27.6 Å². The highest BCUT2D eigenvalue weighted by Gasteiger charge is 2.19. The van der Waals surface area contributed by atoms with Gasteiger partial charge in [0.1, 0.15) is 5.38 Å². The molecule has 2 aromatic heterocycles. The molecule has 0 aliphatic carbocycles. The van der Waals surface area contributed by atoms with Crippen molar-refractivity contribution in [1.29, 1.82) is 0 Å². The second-order valence-corrected chi connectivity index (χ2v) is 4.92. The Labute approximate surface area is 125 Å². The first kappa shape index (κ1) is 13.1. The molecule has 1 unspecified atom stereocenters. The van der Waals surface area contributed by atoms with E-state index < -0.39 is 5.38 Å². The van der Waals surface area contributed by atoms with Gasteiger partial charge in [0.2, 0.25) is 11.8 Å². The SMILES string of the molecule is Clc1cnccc1-c1nnc(C(Cl)c2ccccc2)o1. The molecule has 0 N–H and O–H groups in total. The number of alkyl halides is 1. The Balaban J connectivity index is 1.93. The standard InChI is InChI=1S/C14H9Cl2N3O/c15-11-8-17-7-6-10(11)13-18-19-14(20-13)12(16)9-4-2-1-3-5-9/h1-8,12H. The van der Waals surface area contributed by atoms with E-state index in [1.54, 1.807) is 12.3 Å². The molecular formula is C14H9Cl2N3O. The zero-order chi connectivity index (χ0) is 13.9. The smallest absolute Gasteiger partial charge is 0.249 e. The summed E-state index contributed by atoms with van der Waals surface area (Å²) in [4.78, 5) is 3.91. The third-order valence-corrected chi connectivity index (χ3v) is 3.49. The Hall–Kier alpha value is -1.91. The second-order valence-electron chi connectivity index (χ2n) is 4.07. The van der Waals surface area contributed by atoms with Crippen LogP contribution >= 0.6 is 23.2 Å². The molecule has 0 saturated carbocycles. The fourth-order valence-electron chi connectivity index (χ4n) is 1.76. The van der Waals surface area contributed by atoms with E-state index in [1.165, 1.54) is 6.20 Å². The summed E-state index contributed by atoms with van der Waals surface area (Å²) in [5, 5.41) is 7.93. The van der Waals surface area contributed by atoms with Gasteiger partial charge in [0.15, 0.2) is 0 Å². The summed E-state index contributed by atoms with van der Waals surface area (Å²) in [5.41, 5.74) is 1.53. The van der Waals surface area contributed by atoms with Gasteiger partial charge in [-0.25, -0.2) is 0 Å². The highest BCUT2D eigenvalue weighted by Crippen LogP contribution is 2.31. The fraction of sp³-hybridized carbons (Fsp3) is 0.0714. The molecule has 6 heteroatoms. The summed E-state index contributed by atoms with van der Waals surface area (Å²) in [5.74, 6) is 0.662. The summed E-state index contributed by atoms with van der Waals surface area (Å²) >= 11 is 12.4. The van der Waals surface area contributed by atoms with Crippen LogP contribution in [0.15, 0.2) is 53.2 Å². The molecule has 0 bridgehead atoms. The lowest BCUT2D eigenvalue weighted by molar-refractivity contribution is 0.513. The van der Waals surface area contributed by atoms with Crippen molar-refractivity contribution < 1.29 is 4.42 Å². The molecule has 2 heterocycles. The van der Waals surface area contributed by atoms with Gasteiger partial charge >= 0.3 is 0 Å². The molecule has 100 valence electrons. The third kappa shape index (κ3) is 2.53. The normalized spacial score (nSPS) is 12.3. The van der Waals surface area contributed by atoms with E-state index in [0.29, 0.717) is 22.4 Å². The molecule has 0 amide bonds. The Morgan fingerprint density at radius 2 is 1.85 bits per heavy atom. The topological polar surface area (TPSA) is 51.8 Å². The van der Waals surface area contributed by atoms with Crippen molar-refractivity contribution in [3.05, 3.63) is 65.3 Å². The molecule has 0 spiro atoms. The fourth-order valence-corrected chi connectivity index (χ4v) is 2.19. The first-order valence-electron chi connectivity index (χ1n) is 5.88. The number of aromatic nitrogens is 3. The molecule has 0 aliphatic rings. The highest BCUT2D eigenvalue weighted by molar-refractivity contribution is 6.33. The van der Waals surface area contributed by atoms with E-state index >= 15 is 0 Å². The van der Waals surface area contributed by atoms with E-state index in [-0.39, 0.29) is 0 Å². The Kier molecular flexibility index (Phi) is 3.67. The molecule has 0 aliphatic heterocycles. The molecule has 1 aromatic carbocycles. The number of halogens is 2. The van der Waals surface area contributed by atoms with Crippen LogP contribution in [0.2, 0.25) is 5.02 Å². The van der Waals surface area contributed by atoms with Gasteiger partial charge in [0.05, 0.1) is 10.6 Å². The first-order valence-corrected chi connectivity index (χ1v) is 6.69. The van der Waals surface area contributed by atoms with E-state index in [1.807, 2.05) is 30.3 Å². The van der Waals surface area contributed by atoms with E-state index in [9.17, 15) is 0 Å². The minimum Gasteiger partial charge on any atom is -0.419 e. The Morgan fingerprint density at radius 1 is 1.05 bits per heavy atom. The van der Waals surface area contributed by atoms with Crippen molar-refractivity contribution in [2.45, 2.75) is 5.38 Å². The minimum atomic E-state index is -0.488. The average Bonchev–Trinajstić information content (AvgIpc) is 2.97. The van der Waals surface area contributed by atoms with Crippen LogP contribution in [0, 0.1) is 0 Å². The average molecular weight is 306 g/mol. The molecule has 4 nitrogen and oxygen atoms in total. The van der Waals surface area contributed by atoms with Crippen molar-refractivity contribution >= 4 is 23.2 Å². The number of pyridine rings is 1. The first-order chi connectivity index (χ1) is 9.75. The van der Waals surface area contributed by atoms with Gasteiger partial charge in [0, 0.05) is 12.4 Å². The van der Waals surface area contributed by atoms with Crippen LogP contribution in [0.25, 0.3) is 11.5 Å². The third-order valence-electron chi connectivity index (χ3n) is 2.75. The lowest BCUT2D eigenvalue weighted by atomic mass is 10.1. The van der Waals surface area contributed by atoms with Gasteiger partial charge in [-0.15, -0.1) is 21.8 Å². The quantitative estimate of drug-likeness (QED) is 0.683. The van der Waals surface area contributed by atoms with Crippen molar-refractivity contribution in [2.75, 3.05) is 0 Å². The number of hydrogen-bond acceptors (Lipinski definition) is 4. The number of benzene rings is 1. The molecule has 3 rings (SSSR count). The van der Waals surface area contributed by atoms with Crippen LogP contribution in [-0.2, 0) is 0 Å². The summed E-state index contributed by atoms with van der Waals surface area (Å²) < 4.78 is 5.60. The van der Waals surface area contributed by atoms with Crippen LogP contribution in [0.3, 0.4) is 0 Å². The van der Waals surface area contributed by atoms with Crippen molar-refractivity contribution in [3.63, 3.8) is 0 Å². The summed E-state index contributed by atoms with van der Waals surface area (Å²) in [6, 6.07) is 11.2. The van der Waals surface area contributed by atoms with Gasteiger partial charge < -0.3 is 4.42 Å². The maximum Gasteiger partial charge on any atom is 0.249 e. The zero-order valence-corrected chi connectivity index (χ0v) is 11.7. The van der Waals surface area contributed by atoms with Crippen LogP contribution in [-0.4, -0.2) is 15.2 Å². The number of nitrogens with zero attached hydrogens (tertiary/aromatic N) is 3. The number of hydrogen-bond donors (Lipinski definition) is 0. The van der Waals surface area contributed by atoms with E-state index in [0.717, 1.165) is 5.56 Å². The van der Waals surface area contributed by atoms with Gasteiger partial charge in [-0.3, -0.25) is 4.98 Å². The summed E-state index contributed by atoms with van der Waals surface area (Å²) in [6.45, 7) is 0. The van der Waals surface area contributed by atoms with Gasteiger partial charge in [-0.2, -0.15) is 0 Å². The molecule has 20 heavy (non-hydrogen) atoms. The molecule has 0 radical (unpaired) electrons. The van der Waals surface area contributed by atoms with Crippen LogP contribution in [0.1, 0.15) is 16.8 Å². The second kappa shape index (κ2) is 5.61. The summed E-state index contributed by atoms with van der Waals surface area (Å²) in [7, 11) is 0. The molecule has 0 saturated heterocycles.